The van der Waals surface area contributed by atoms with E-state index in [4.69, 9.17) is 0 Å². The number of alkyl halides is 5. The lowest BCUT2D eigenvalue weighted by Crippen LogP contribution is -2.39. The molecule has 7 heteroatoms. The van der Waals surface area contributed by atoms with E-state index in [0.717, 1.165) is 0 Å². The molecule has 1 amide bonds. The zero-order valence-electron chi connectivity index (χ0n) is 9.92. The highest BCUT2D eigenvalue weighted by Crippen LogP contribution is 2.38. The van der Waals surface area contributed by atoms with Crippen LogP contribution in [0.2, 0.25) is 0 Å². The van der Waals surface area contributed by atoms with Crippen LogP contribution >= 0.6 is 0 Å². The molecule has 0 aliphatic carbocycles. The van der Waals surface area contributed by atoms with Gasteiger partial charge < -0.3 is 5.32 Å². The van der Waals surface area contributed by atoms with Crippen LogP contribution in [-0.4, -0.2) is 24.6 Å². The highest BCUT2D eigenvalue weighted by molar-refractivity contribution is 5.81. The highest BCUT2D eigenvalue weighted by atomic mass is 19.4. The highest BCUT2D eigenvalue weighted by Gasteiger charge is 2.56. The molecule has 0 heterocycles. The molecule has 0 aliphatic rings. The Labute approximate surface area is 96.6 Å². The molecule has 2 nitrogen and oxygen atoms in total. The first-order valence-corrected chi connectivity index (χ1v) is 5.11. The molecule has 0 atom stereocenters. The van der Waals surface area contributed by atoms with Gasteiger partial charge in [-0.15, -0.1) is 0 Å². The van der Waals surface area contributed by atoms with Gasteiger partial charge in [0.2, 0.25) is 5.91 Å². The van der Waals surface area contributed by atoms with Gasteiger partial charge in [-0.1, -0.05) is 20.8 Å². The molecule has 0 aliphatic heterocycles. The molecule has 0 aromatic heterocycles. The number of amides is 1. The molecule has 0 fully saturated rings. The lowest BCUT2D eigenvalue weighted by molar-refractivity contribution is -0.284. The Morgan fingerprint density at radius 2 is 1.53 bits per heavy atom. The average molecular weight is 261 g/mol. The molecule has 0 radical (unpaired) electrons. The molecule has 0 spiro atoms. The second-order valence-electron chi connectivity index (χ2n) is 4.81. The summed E-state index contributed by atoms with van der Waals surface area (Å²) in [6.07, 6.45) is -7.27. The molecular weight excluding hydrogens is 245 g/mol. The van der Waals surface area contributed by atoms with Crippen molar-refractivity contribution in [1.29, 1.82) is 0 Å². The summed E-state index contributed by atoms with van der Waals surface area (Å²) >= 11 is 0. The van der Waals surface area contributed by atoms with Crippen molar-refractivity contribution in [1.82, 2.24) is 5.32 Å². The summed E-state index contributed by atoms with van der Waals surface area (Å²) in [7, 11) is 0. The topological polar surface area (TPSA) is 29.1 Å². The predicted molar refractivity (Wildman–Crippen MR) is 52.7 cm³/mol. The van der Waals surface area contributed by atoms with Gasteiger partial charge in [-0.3, -0.25) is 4.79 Å². The SMILES string of the molecule is CC(C)(C)C(=O)NCCCC(F)(F)C(F)(F)F. The van der Waals surface area contributed by atoms with Gasteiger partial charge >= 0.3 is 12.1 Å². The van der Waals surface area contributed by atoms with Crippen molar-refractivity contribution in [3.63, 3.8) is 0 Å². The first-order valence-electron chi connectivity index (χ1n) is 5.11. The number of nitrogens with one attached hydrogen (secondary N) is 1. The van der Waals surface area contributed by atoms with Gasteiger partial charge in [-0.25, -0.2) is 0 Å². The fraction of sp³-hybridized carbons (Fsp3) is 0.900. The summed E-state index contributed by atoms with van der Waals surface area (Å²) in [6, 6.07) is 0. The van der Waals surface area contributed by atoms with E-state index in [9.17, 15) is 26.7 Å². The van der Waals surface area contributed by atoms with E-state index >= 15 is 0 Å². The van der Waals surface area contributed by atoms with Crippen molar-refractivity contribution >= 4 is 5.91 Å². The number of hydrogen-bond acceptors (Lipinski definition) is 1. The van der Waals surface area contributed by atoms with Crippen LogP contribution in [0.15, 0.2) is 0 Å². The van der Waals surface area contributed by atoms with Gasteiger partial charge in [-0.05, 0) is 6.42 Å². The molecule has 0 unspecified atom stereocenters. The number of hydrogen-bond donors (Lipinski definition) is 1. The average Bonchev–Trinajstić information content (AvgIpc) is 2.08. The van der Waals surface area contributed by atoms with Crippen molar-refractivity contribution in [3.8, 4) is 0 Å². The minimum atomic E-state index is -5.53. The molecule has 0 saturated carbocycles. The fourth-order valence-corrected chi connectivity index (χ4v) is 0.919. The minimum Gasteiger partial charge on any atom is -0.356 e. The van der Waals surface area contributed by atoms with E-state index in [0.29, 0.717) is 0 Å². The van der Waals surface area contributed by atoms with Crippen molar-refractivity contribution < 1.29 is 26.7 Å². The number of rotatable bonds is 4. The third-order valence-electron chi connectivity index (χ3n) is 2.05. The Morgan fingerprint density at radius 3 is 1.88 bits per heavy atom. The maximum absolute atomic E-state index is 12.5. The van der Waals surface area contributed by atoms with Gasteiger partial charge in [0.05, 0.1) is 0 Å². The van der Waals surface area contributed by atoms with Gasteiger partial charge in [0.15, 0.2) is 0 Å². The number of carbonyl (C=O) groups excluding carboxylic acids is 1. The second-order valence-corrected chi connectivity index (χ2v) is 4.81. The van der Waals surface area contributed by atoms with E-state index in [-0.39, 0.29) is 12.5 Å². The Hall–Kier alpha value is -0.880. The maximum Gasteiger partial charge on any atom is 0.453 e. The zero-order chi connectivity index (χ0) is 13.9. The van der Waals surface area contributed by atoms with E-state index < -0.39 is 30.4 Å². The summed E-state index contributed by atoms with van der Waals surface area (Å²) < 4.78 is 60.2. The third kappa shape index (κ3) is 5.32. The summed E-state index contributed by atoms with van der Waals surface area (Å²) in [6.45, 7) is 4.66. The van der Waals surface area contributed by atoms with Crippen LogP contribution < -0.4 is 5.32 Å². The van der Waals surface area contributed by atoms with Gasteiger partial charge in [-0.2, -0.15) is 22.0 Å². The van der Waals surface area contributed by atoms with Gasteiger partial charge in [0.25, 0.3) is 0 Å². The zero-order valence-corrected chi connectivity index (χ0v) is 9.92. The van der Waals surface area contributed by atoms with Crippen LogP contribution in [0.25, 0.3) is 0 Å². The first kappa shape index (κ1) is 16.1. The van der Waals surface area contributed by atoms with E-state index in [2.05, 4.69) is 5.32 Å². The quantitative estimate of drug-likeness (QED) is 0.611. The normalized spacial score (nSPS) is 13.6. The Kier molecular flexibility index (Phi) is 4.91. The van der Waals surface area contributed by atoms with Gasteiger partial charge in [0.1, 0.15) is 0 Å². The van der Waals surface area contributed by atoms with Crippen LogP contribution in [-0.2, 0) is 4.79 Å². The molecule has 0 aromatic rings. The van der Waals surface area contributed by atoms with Crippen LogP contribution in [0.3, 0.4) is 0 Å². The monoisotopic (exact) mass is 261 g/mol. The molecular formula is C10H16F5NO. The van der Waals surface area contributed by atoms with Crippen LogP contribution in [0.5, 0.6) is 0 Å². The van der Waals surface area contributed by atoms with Crippen LogP contribution in [0, 0.1) is 5.41 Å². The number of carbonyl (C=O) groups is 1. The molecule has 17 heavy (non-hydrogen) atoms. The maximum atomic E-state index is 12.5. The smallest absolute Gasteiger partial charge is 0.356 e. The molecule has 0 bridgehead atoms. The van der Waals surface area contributed by atoms with E-state index in [1.165, 1.54) is 0 Å². The fourth-order valence-electron chi connectivity index (χ4n) is 0.919. The lowest BCUT2D eigenvalue weighted by Gasteiger charge is -2.20. The Bertz CT molecular complexity index is 267. The first-order chi connectivity index (χ1) is 7.38. The predicted octanol–water partition coefficient (Wildman–Crippen LogP) is 3.13. The summed E-state index contributed by atoms with van der Waals surface area (Å²) in [5.41, 5.74) is -0.688. The third-order valence-corrected chi connectivity index (χ3v) is 2.05. The molecule has 0 rings (SSSR count). The van der Waals surface area contributed by atoms with Crippen LogP contribution in [0.4, 0.5) is 22.0 Å². The van der Waals surface area contributed by atoms with Crippen molar-refractivity contribution in [2.45, 2.75) is 45.7 Å². The largest absolute Gasteiger partial charge is 0.453 e. The van der Waals surface area contributed by atoms with Gasteiger partial charge in [0, 0.05) is 18.4 Å². The van der Waals surface area contributed by atoms with Crippen molar-refractivity contribution in [3.05, 3.63) is 0 Å². The van der Waals surface area contributed by atoms with E-state index in [1.54, 1.807) is 20.8 Å². The summed E-state index contributed by atoms with van der Waals surface area (Å²) in [5.74, 6) is -5.08. The Balaban J connectivity index is 3.99. The molecule has 1 N–H and O–H groups in total. The van der Waals surface area contributed by atoms with Crippen LogP contribution in [0.1, 0.15) is 33.6 Å². The molecule has 0 saturated heterocycles. The van der Waals surface area contributed by atoms with Crippen molar-refractivity contribution in [2.75, 3.05) is 6.54 Å². The minimum absolute atomic E-state index is 0.193. The standard InChI is InChI=1S/C10H16F5NO/c1-8(2,3)7(17)16-6-4-5-9(11,12)10(13,14)15/h4-6H2,1-3H3,(H,16,17). The van der Waals surface area contributed by atoms with Crippen molar-refractivity contribution in [2.24, 2.45) is 5.41 Å². The summed E-state index contributed by atoms with van der Waals surface area (Å²) in [4.78, 5) is 11.3. The second kappa shape index (κ2) is 5.18. The lowest BCUT2D eigenvalue weighted by atomic mass is 9.96. The van der Waals surface area contributed by atoms with E-state index in [1.807, 2.05) is 0 Å². The molecule has 0 aromatic carbocycles. The molecule has 102 valence electrons. The number of halogens is 5. The Morgan fingerprint density at radius 1 is 1.06 bits per heavy atom. The summed E-state index contributed by atoms with van der Waals surface area (Å²) in [5, 5.41) is 2.31.